The van der Waals surface area contributed by atoms with E-state index in [1.54, 1.807) is 7.11 Å². The van der Waals surface area contributed by atoms with Crippen LogP contribution in [0.1, 0.15) is 20.3 Å². The van der Waals surface area contributed by atoms with Gasteiger partial charge in [0, 0.05) is 7.11 Å². The van der Waals surface area contributed by atoms with E-state index in [0.717, 1.165) is 0 Å². The molecule has 0 aromatic heterocycles. The molecule has 1 heterocycles. The number of epoxide rings is 1. The van der Waals surface area contributed by atoms with Crippen LogP contribution >= 0.6 is 0 Å². The van der Waals surface area contributed by atoms with Crippen LogP contribution in [0.2, 0.25) is 0 Å². The SMILES string of the molecule is CO[C@@H]1O[C@@H]1[C@H]1C[C@H](C)C=C[C@H]1C. The fourth-order valence-electron chi connectivity index (χ4n) is 2.27. The normalized spacial score (nSPS) is 49.3. The van der Waals surface area contributed by atoms with E-state index >= 15 is 0 Å². The number of ether oxygens (including phenoxy) is 2. The molecule has 74 valence electrons. The topological polar surface area (TPSA) is 21.8 Å². The van der Waals surface area contributed by atoms with Crippen LogP contribution in [0.5, 0.6) is 0 Å². The summed E-state index contributed by atoms with van der Waals surface area (Å²) in [5.41, 5.74) is 0. The Hall–Kier alpha value is -0.340. The lowest BCUT2D eigenvalue weighted by Crippen LogP contribution is -2.23. The van der Waals surface area contributed by atoms with Crippen molar-refractivity contribution >= 4 is 0 Å². The average molecular weight is 182 g/mol. The van der Waals surface area contributed by atoms with E-state index in [4.69, 9.17) is 9.47 Å². The molecule has 0 saturated carbocycles. The van der Waals surface area contributed by atoms with Crippen LogP contribution in [-0.4, -0.2) is 19.5 Å². The lowest BCUT2D eigenvalue weighted by atomic mass is 9.79. The second-order valence-corrected chi connectivity index (χ2v) is 4.33. The van der Waals surface area contributed by atoms with Gasteiger partial charge >= 0.3 is 0 Å². The van der Waals surface area contributed by atoms with Crippen molar-refractivity contribution in [2.45, 2.75) is 32.7 Å². The van der Waals surface area contributed by atoms with Crippen molar-refractivity contribution < 1.29 is 9.47 Å². The quantitative estimate of drug-likeness (QED) is 0.482. The molecule has 2 rings (SSSR count). The first-order valence-electron chi connectivity index (χ1n) is 5.09. The Morgan fingerprint density at radius 2 is 2.08 bits per heavy atom. The molecule has 2 heteroatoms. The summed E-state index contributed by atoms with van der Waals surface area (Å²) in [5, 5.41) is 0. The third-order valence-electron chi connectivity index (χ3n) is 3.20. The average Bonchev–Trinajstić information content (AvgIpc) is 2.88. The number of methoxy groups -OCH3 is 1. The molecule has 0 aromatic rings. The van der Waals surface area contributed by atoms with Gasteiger partial charge < -0.3 is 9.47 Å². The smallest absolute Gasteiger partial charge is 0.184 e. The first-order valence-corrected chi connectivity index (χ1v) is 5.09. The van der Waals surface area contributed by atoms with Gasteiger partial charge in [-0.25, -0.2) is 0 Å². The predicted molar refractivity (Wildman–Crippen MR) is 51.2 cm³/mol. The summed E-state index contributed by atoms with van der Waals surface area (Å²) >= 11 is 0. The lowest BCUT2D eigenvalue weighted by Gasteiger charge is -2.26. The molecule has 0 unspecified atom stereocenters. The first-order chi connectivity index (χ1) is 6.22. The van der Waals surface area contributed by atoms with Gasteiger partial charge in [0.15, 0.2) is 6.29 Å². The Morgan fingerprint density at radius 3 is 2.69 bits per heavy atom. The van der Waals surface area contributed by atoms with Crippen molar-refractivity contribution in [1.29, 1.82) is 0 Å². The maximum absolute atomic E-state index is 5.47. The van der Waals surface area contributed by atoms with Crippen LogP contribution in [0.3, 0.4) is 0 Å². The molecule has 1 aliphatic carbocycles. The fourth-order valence-corrected chi connectivity index (χ4v) is 2.27. The van der Waals surface area contributed by atoms with Crippen molar-refractivity contribution in [3.05, 3.63) is 12.2 Å². The van der Waals surface area contributed by atoms with E-state index in [-0.39, 0.29) is 6.29 Å². The molecule has 1 fully saturated rings. The van der Waals surface area contributed by atoms with E-state index in [1.807, 2.05) is 0 Å². The number of hydrogen-bond donors (Lipinski definition) is 0. The summed E-state index contributed by atoms with van der Waals surface area (Å²) in [6, 6.07) is 0. The molecule has 0 amide bonds. The Labute approximate surface area is 79.9 Å². The number of allylic oxidation sites excluding steroid dienone is 2. The summed E-state index contributed by atoms with van der Waals surface area (Å²) in [6.45, 7) is 4.53. The molecule has 0 aromatic carbocycles. The molecule has 1 aliphatic heterocycles. The van der Waals surface area contributed by atoms with Gasteiger partial charge in [-0.05, 0) is 24.2 Å². The zero-order chi connectivity index (χ0) is 9.42. The van der Waals surface area contributed by atoms with Gasteiger partial charge in [0.05, 0.1) is 0 Å². The summed E-state index contributed by atoms with van der Waals surface area (Å²) < 4.78 is 10.6. The summed E-state index contributed by atoms with van der Waals surface area (Å²) in [7, 11) is 1.72. The summed E-state index contributed by atoms with van der Waals surface area (Å²) in [4.78, 5) is 0. The van der Waals surface area contributed by atoms with Gasteiger partial charge in [0.25, 0.3) is 0 Å². The third kappa shape index (κ3) is 1.79. The minimum absolute atomic E-state index is 0.0751. The molecule has 0 N–H and O–H groups in total. The fraction of sp³-hybridized carbons (Fsp3) is 0.818. The van der Waals surface area contributed by atoms with Crippen molar-refractivity contribution in [2.24, 2.45) is 17.8 Å². The van der Waals surface area contributed by atoms with Crippen molar-refractivity contribution in [1.82, 2.24) is 0 Å². The summed E-state index contributed by atoms with van der Waals surface area (Å²) in [6.07, 6.45) is 6.29. The third-order valence-corrected chi connectivity index (χ3v) is 3.20. The largest absolute Gasteiger partial charge is 0.353 e. The van der Waals surface area contributed by atoms with E-state index in [9.17, 15) is 0 Å². The highest BCUT2D eigenvalue weighted by atomic mass is 16.8. The molecular weight excluding hydrogens is 164 g/mol. The Balaban J connectivity index is 1.96. The van der Waals surface area contributed by atoms with E-state index in [1.165, 1.54) is 6.42 Å². The molecule has 0 spiro atoms. The Kier molecular flexibility index (Phi) is 2.43. The molecule has 1 saturated heterocycles. The first kappa shape index (κ1) is 9.22. The monoisotopic (exact) mass is 182 g/mol. The molecule has 0 radical (unpaired) electrons. The molecule has 2 aliphatic rings. The number of hydrogen-bond acceptors (Lipinski definition) is 2. The number of rotatable bonds is 2. The summed E-state index contributed by atoms with van der Waals surface area (Å²) in [5.74, 6) is 1.99. The molecule has 13 heavy (non-hydrogen) atoms. The van der Waals surface area contributed by atoms with Crippen molar-refractivity contribution in [3.8, 4) is 0 Å². The highest BCUT2D eigenvalue weighted by Crippen LogP contribution is 2.40. The van der Waals surface area contributed by atoms with Gasteiger partial charge in [-0.2, -0.15) is 0 Å². The zero-order valence-corrected chi connectivity index (χ0v) is 8.57. The van der Waals surface area contributed by atoms with Crippen LogP contribution in [0.25, 0.3) is 0 Å². The van der Waals surface area contributed by atoms with Gasteiger partial charge in [-0.1, -0.05) is 26.0 Å². The Morgan fingerprint density at radius 1 is 1.31 bits per heavy atom. The minimum Gasteiger partial charge on any atom is -0.353 e. The van der Waals surface area contributed by atoms with Gasteiger partial charge in [-0.15, -0.1) is 0 Å². The second-order valence-electron chi connectivity index (χ2n) is 4.33. The van der Waals surface area contributed by atoms with Crippen molar-refractivity contribution in [3.63, 3.8) is 0 Å². The maximum Gasteiger partial charge on any atom is 0.184 e. The van der Waals surface area contributed by atoms with E-state index < -0.39 is 0 Å². The van der Waals surface area contributed by atoms with Crippen LogP contribution in [0, 0.1) is 17.8 Å². The van der Waals surface area contributed by atoms with Crippen LogP contribution in [0.4, 0.5) is 0 Å². The maximum atomic E-state index is 5.47. The van der Waals surface area contributed by atoms with Crippen LogP contribution in [-0.2, 0) is 9.47 Å². The van der Waals surface area contributed by atoms with Gasteiger partial charge in [0.2, 0.25) is 0 Å². The van der Waals surface area contributed by atoms with Gasteiger partial charge in [0.1, 0.15) is 6.10 Å². The van der Waals surface area contributed by atoms with Crippen LogP contribution in [0.15, 0.2) is 12.2 Å². The molecular formula is C11H18O2. The van der Waals surface area contributed by atoms with Crippen molar-refractivity contribution in [2.75, 3.05) is 7.11 Å². The standard InChI is InChI=1S/C11H18O2/c1-7-4-5-8(2)9(6-7)10-11(12-3)13-10/h4-5,7-11H,6H2,1-3H3/t7-,8-,9+,10-,11-/m1/s1. The molecule has 0 bridgehead atoms. The minimum atomic E-state index is 0.0751. The van der Waals surface area contributed by atoms with E-state index in [2.05, 4.69) is 26.0 Å². The van der Waals surface area contributed by atoms with Crippen LogP contribution < -0.4 is 0 Å². The Bertz CT molecular complexity index is 212. The predicted octanol–water partition coefficient (Wildman–Crippen LogP) is 2.21. The molecule has 5 atom stereocenters. The lowest BCUT2D eigenvalue weighted by molar-refractivity contribution is 0.0950. The zero-order valence-electron chi connectivity index (χ0n) is 8.57. The highest BCUT2D eigenvalue weighted by molar-refractivity contribution is 5.03. The van der Waals surface area contributed by atoms with E-state index in [0.29, 0.717) is 23.9 Å². The second kappa shape index (κ2) is 3.43. The van der Waals surface area contributed by atoms with Gasteiger partial charge in [-0.3, -0.25) is 0 Å². The highest BCUT2D eigenvalue weighted by Gasteiger charge is 2.47. The molecule has 2 nitrogen and oxygen atoms in total.